The summed E-state index contributed by atoms with van der Waals surface area (Å²) in [4.78, 5) is 13.2. The summed E-state index contributed by atoms with van der Waals surface area (Å²) in [5.74, 6) is 4.91. The van der Waals surface area contributed by atoms with Gasteiger partial charge in [-0.1, -0.05) is 13.8 Å². The standard InChI is InChI=1S/C10H23N3O/c1-3-8-13(4-2)9-6-5-7-10(14)12-11/h3-9,11H2,1-2H3,(H,12,14). The van der Waals surface area contributed by atoms with Gasteiger partial charge in [-0.3, -0.25) is 10.2 Å². The molecule has 0 aromatic rings. The third-order valence-electron chi connectivity index (χ3n) is 2.28. The molecule has 0 unspecified atom stereocenters. The van der Waals surface area contributed by atoms with Crippen LogP contribution in [-0.4, -0.2) is 30.4 Å². The smallest absolute Gasteiger partial charge is 0.233 e. The molecule has 1 amide bonds. The van der Waals surface area contributed by atoms with Crippen LogP contribution in [0.5, 0.6) is 0 Å². The molecule has 0 fully saturated rings. The van der Waals surface area contributed by atoms with Crippen molar-refractivity contribution in [2.45, 2.75) is 39.5 Å². The van der Waals surface area contributed by atoms with Crippen LogP contribution in [0.2, 0.25) is 0 Å². The van der Waals surface area contributed by atoms with E-state index in [-0.39, 0.29) is 5.91 Å². The lowest BCUT2D eigenvalue weighted by Crippen LogP contribution is -2.30. The minimum atomic E-state index is -0.0662. The van der Waals surface area contributed by atoms with Crippen molar-refractivity contribution in [1.29, 1.82) is 0 Å². The fourth-order valence-electron chi connectivity index (χ4n) is 1.44. The summed E-state index contributed by atoms with van der Waals surface area (Å²) in [6.45, 7) is 7.69. The Hall–Kier alpha value is -0.610. The fraction of sp³-hybridized carbons (Fsp3) is 0.900. The lowest BCUT2D eigenvalue weighted by Gasteiger charge is -2.18. The monoisotopic (exact) mass is 201 g/mol. The van der Waals surface area contributed by atoms with E-state index in [1.54, 1.807) is 0 Å². The highest BCUT2D eigenvalue weighted by Crippen LogP contribution is 1.99. The average Bonchev–Trinajstić information content (AvgIpc) is 2.22. The molecule has 3 N–H and O–H groups in total. The largest absolute Gasteiger partial charge is 0.304 e. The molecule has 0 spiro atoms. The Balaban J connectivity index is 3.37. The number of nitrogens with one attached hydrogen (secondary N) is 1. The summed E-state index contributed by atoms with van der Waals surface area (Å²) < 4.78 is 0. The molecule has 0 aromatic heterocycles. The minimum Gasteiger partial charge on any atom is -0.304 e. The first-order valence-electron chi connectivity index (χ1n) is 5.46. The molecule has 4 heteroatoms. The highest BCUT2D eigenvalue weighted by molar-refractivity contribution is 5.74. The van der Waals surface area contributed by atoms with Gasteiger partial charge in [0.25, 0.3) is 0 Å². The number of carbonyl (C=O) groups is 1. The Kier molecular flexibility index (Phi) is 8.57. The van der Waals surface area contributed by atoms with E-state index in [1.165, 1.54) is 6.42 Å². The van der Waals surface area contributed by atoms with Crippen molar-refractivity contribution in [1.82, 2.24) is 10.3 Å². The van der Waals surface area contributed by atoms with Crippen LogP contribution in [0.1, 0.15) is 39.5 Å². The first-order chi connectivity index (χ1) is 6.74. The molecule has 0 saturated heterocycles. The molecule has 0 bridgehead atoms. The number of carbonyl (C=O) groups excluding carboxylic acids is 1. The first-order valence-corrected chi connectivity index (χ1v) is 5.46. The Morgan fingerprint density at radius 2 is 2.00 bits per heavy atom. The summed E-state index contributed by atoms with van der Waals surface area (Å²) in [6, 6.07) is 0. The summed E-state index contributed by atoms with van der Waals surface area (Å²) in [6.07, 6.45) is 3.72. The molecule has 0 aliphatic heterocycles. The van der Waals surface area contributed by atoms with Gasteiger partial charge < -0.3 is 4.90 Å². The third kappa shape index (κ3) is 6.86. The predicted octanol–water partition coefficient (Wildman–Crippen LogP) is 0.879. The summed E-state index contributed by atoms with van der Waals surface area (Å²) >= 11 is 0. The molecule has 14 heavy (non-hydrogen) atoms. The fourth-order valence-corrected chi connectivity index (χ4v) is 1.44. The Morgan fingerprint density at radius 1 is 1.29 bits per heavy atom. The van der Waals surface area contributed by atoms with E-state index >= 15 is 0 Å². The van der Waals surface area contributed by atoms with Crippen LogP contribution in [0.4, 0.5) is 0 Å². The number of unbranched alkanes of at least 4 members (excludes halogenated alkanes) is 1. The van der Waals surface area contributed by atoms with Crippen molar-refractivity contribution in [3.63, 3.8) is 0 Å². The van der Waals surface area contributed by atoms with Gasteiger partial charge in [0.15, 0.2) is 0 Å². The number of hydrogen-bond acceptors (Lipinski definition) is 3. The molecule has 4 nitrogen and oxygen atoms in total. The molecule has 0 heterocycles. The maximum atomic E-state index is 10.8. The maximum absolute atomic E-state index is 10.8. The van der Waals surface area contributed by atoms with Crippen LogP contribution < -0.4 is 11.3 Å². The van der Waals surface area contributed by atoms with Crippen molar-refractivity contribution < 1.29 is 4.79 Å². The van der Waals surface area contributed by atoms with Crippen molar-refractivity contribution in [2.75, 3.05) is 19.6 Å². The van der Waals surface area contributed by atoms with Gasteiger partial charge in [-0.15, -0.1) is 0 Å². The summed E-state index contributed by atoms with van der Waals surface area (Å²) in [5, 5.41) is 0. The van der Waals surface area contributed by atoms with E-state index in [0.717, 1.165) is 32.5 Å². The molecule has 0 aliphatic rings. The zero-order valence-electron chi connectivity index (χ0n) is 9.38. The van der Waals surface area contributed by atoms with Gasteiger partial charge in [-0.2, -0.15) is 0 Å². The van der Waals surface area contributed by atoms with E-state index in [0.29, 0.717) is 6.42 Å². The molecule has 0 saturated carbocycles. The van der Waals surface area contributed by atoms with E-state index < -0.39 is 0 Å². The average molecular weight is 201 g/mol. The zero-order valence-corrected chi connectivity index (χ0v) is 9.38. The second-order valence-electron chi connectivity index (χ2n) is 3.46. The topological polar surface area (TPSA) is 58.4 Å². The number of rotatable bonds is 8. The number of amides is 1. The minimum absolute atomic E-state index is 0.0662. The molecule has 0 rings (SSSR count). The van der Waals surface area contributed by atoms with Crippen LogP contribution in [0.15, 0.2) is 0 Å². The lowest BCUT2D eigenvalue weighted by molar-refractivity contribution is -0.121. The van der Waals surface area contributed by atoms with Gasteiger partial charge >= 0.3 is 0 Å². The normalized spacial score (nSPS) is 10.6. The van der Waals surface area contributed by atoms with Crippen LogP contribution in [0.3, 0.4) is 0 Å². The molecular weight excluding hydrogens is 178 g/mol. The maximum Gasteiger partial charge on any atom is 0.233 e. The van der Waals surface area contributed by atoms with Crippen LogP contribution in [0.25, 0.3) is 0 Å². The second kappa shape index (κ2) is 8.97. The molecular formula is C10H23N3O. The highest BCUT2D eigenvalue weighted by Gasteiger charge is 2.01. The van der Waals surface area contributed by atoms with E-state index in [4.69, 9.17) is 5.84 Å². The number of hydrazine groups is 1. The molecule has 0 radical (unpaired) electrons. The molecule has 0 aromatic carbocycles. The third-order valence-corrected chi connectivity index (χ3v) is 2.28. The predicted molar refractivity (Wildman–Crippen MR) is 58.6 cm³/mol. The highest BCUT2D eigenvalue weighted by atomic mass is 16.2. The molecule has 0 aliphatic carbocycles. The van der Waals surface area contributed by atoms with Crippen LogP contribution in [0, 0.1) is 0 Å². The van der Waals surface area contributed by atoms with Gasteiger partial charge in [0.05, 0.1) is 0 Å². The van der Waals surface area contributed by atoms with Gasteiger partial charge in [-0.05, 0) is 38.9 Å². The number of nitrogens with zero attached hydrogens (tertiary/aromatic N) is 1. The molecule has 84 valence electrons. The van der Waals surface area contributed by atoms with Gasteiger partial charge in [-0.25, -0.2) is 5.84 Å². The van der Waals surface area contributed by atoms with E-state index in [2.05, 4.69) is 24.2 Å². The summed E-state index contributed by atoms with van der Waals surface area (Å²) in [7, 11) is 0. The Morgan fingerprint density at radius 3 is 2.50 bits per heavy atom. The lowest BCUT2D eigenvalue weighted by atomic mass is 10.2. The second-order valence-corrected chi connectivity index (χ2v) is 3.46. The first kappa shape index (κ1) is 13.4. The van der Waals surface area contributed by atoms with Crippen LogP contribution in [-0.2, 0) is 4.79 Å². The van der Waals surface area contributed by atoms with E-state index in [1.807, 2.05) is 0 Å². The van der Waals surface area contributed by atoms with Gasteiger partial charge in [0, 0.05) is 6.42 Å². The van der Waals surface area contributed by atoms with Crippen LogP contribution >= 0.6 is 0 Å². The van der Waals surface area contributed by atoms with Crippen molar-refractivity contribution >= 4 is 5.91 Å². The van der Waals surface area contributed by atoms with Gasteiger partial charge in [0.2, 0.25) is 5.91 Å². The Bertz CT molecular complexity index is 150. The Labute approximate surface area is 86.8 Å². The number of hydrogen-bond donors (Lipinski definition) is 2. The van der Waals surface area contributed by atoms with Crippen molar-refractivity contribution in [3.8, 4) is 0 Å². The quantitative estimate of drug-likeness (QED) is 0.265. The molecule has 0 atom stereocenters. The number of nitrogens with two attached hydrogens (primary N) is 1. The van der Waals surface area contributed by atoms with Crippen molar-refractivity contribution in [3.05, 3.63) is 0 Å². The van der Waals surface area contributed by atoms with Gasteiger partial charge in [0.1, 0.15) is 0 Å². The zero-order chi connectivity index (χ0) is 10.8. The SMILES string of the molecule is CCCN(CC)CCCCC(=O)NN. The van der Waals surface area contributed by atoms with E-state index in [9.17, 15) is 4.79 Å². The van der Waals surface area contributed by atoms with Crippen molar-refractivity contribution in [2.24, 2.45) is 5.84 Å². The summed E-state index contributed by atoms with van der Waals surface area (Å²) in [5.41, 5.74) is 2.14.